The van der Waals surface area contributed by atoms with Gasteiger partial charge in [0.15, 0.2) is 5.13 Å². The van der Waals surface area contributed by atoms with E-state index in [1.165, 1.54) is 48.4 Å². The first kappa shape index (κ1) is 19.7. The van der Waals surface area contributed by atoms with Crippen LogP contribution in [0.4, 0.5) is 5.13 Å². The van der Waals surface area contributed by atoms with Crippen LogP contribution in [0, 0.1) is 6.92 Å². The summed E-state index contributed by atoms with van der Waals surface area (Å²) in [5, 5.41) is 7.10. The number of carbonyl (C=O) groups is 1. The summed E-state index contributed by atoms with van der Waals surface area (Å²) >= 11 is 1.51. The second-order valence-electron chi connectivity index (χ2n) is 8.23. The highest BCUT2D eigenvalue weighted by molar-refractivity contribution is 7.22. The third-order valence-corrected chi connectivity index (χ3v) is 7.15. The van der Waals surface area contributed by atoms with E-state index >= 15 is 0 Å². The summed E-state index contributed by atoms with van der Waals surface area (Å²) in [6, 6.07) is 12.1. The molecule has 1 radical (unpaired) electrons. The Morgan fingerprint density at radius 2 is 2.03 bits per heavy atom. The smallest absolute Gasteiger partial charge is 0.257 e. The molecule has 0 bridgehead atoms. The minimum atomic E-state index is -0.0827. The molecule has 2 aromatic carbocycles. The summed E-state index contributed by atoms with van der Waals surface area (Å²) in [6.07, 6.45) is 3.53. The van der Waals surface area contributed by atoms with Gasteiger partial charge in [0.1, 0.15) is 0 Å². The van der Waals surface area contributed by atoms with Gasteiger partial charge in [-0.3, -0.25) is 10.1 Å². The van der Waals surface area contributed by atoms with Crippen LogP contribution in [0.3, 0.4) is 0 Å². The molecule has 2 aliphatic rings. The molecule has 1 amide bonds. The Morgan fingerprint density at radius 1 is 1.20 bits per heavy atom. The third-order valence-electron chi connectivity index (χ3n) is 6.20. The van der Waals surface area contributed by atoms with Gasteiger partial charge in [-0.05, 0) is 86.6 Å². The van der Waals surface area contributed by atoms with Gasteiger partial charge >= 0.3 is 0 Å². The summed E-state index contributed by atoms with van der Waals surface area (Å²) in [7, 11) is 0. The fourth-order valence-electron chi connectivity index (χ4n) is 4.70. The zero-order valence-corrected chi connectivity index (χ0v) is 17.9. The van der Waals surface area contributed by atoms with Crippen LogP contribution < -0.4 is 10.6 Å². The van der Waals surface area contributed by atoms with E-state index in [0.29, 0.717) is 5.13 Å². The number of hydrogen-bond acceptors (Lipinski definition) is 5. The first-order chi connectivity index (χ1) is 14.7. The summed E-state index contributed by atoms with van der Waals surface area (Å²) in [6.45, 7) is 9.50. The molecule has 1 aromatic heterocycles. The van der Waals surface area contributed by atoms with Crippen molar-refractivity contribution < 1.29 is 4.79 Å². The van der Waals surface area contributed by atoms with Crippen LogP contribution in [0.1, 0.15) is 45.8 Å². The first-order valence-corrected chi connectivity index (χ1v) is 11.6. The number of carbonyl (C=O) groups excluding carboxylic acids is 1. The molecular formula is C24H27N4OS. The SMILES string of the molecule is [CH2]C(CN1CCCC1)c1ccc(C(=O)Nc2nc3ccccc3s2)c2c1CCNC2. The van der Waals surface area contributed by atoms with Crippen LogP contribution in [0.2, 0.25) is 0 Å². The van der Waals surface area contributed by atoms with Crippen LogP contribution in [0.25, 0.3) is 10.2 Å². The Balaban J connectivity index is 1.41. The summed E-state index contributed by atoms with van der Waals surface area (Å²) in [4.78, 5) is 20.2. The van der Waals surface area contributed by atoms with E-state index in [1.54, 1.807) is 0 Å². The lowest BCUT2D eigenvalue weighted by Crippen LogP contribution is -2.30. The van der Waals surface area contributed by atoms with Crippen molar-refractivity contribution in [1.29, 1.82) is 0 Å². The molecule has 155 valence electrons. The number of para-hydroxylation sites is 1. The molecule has 30 heavy (non-hydrogen) atoms. The lowest BCUT2D eigenvalue weighted by atomic mass is 9.85. The molecular weight excluding hydrogens is 392 g/mol. The van der Waals surface area contributed by atoms with Gasteiger partial charge in [-0.15, -0.1) is 0 Å². The second-order valence-corrected chi connectivity index (χ2v) is 9.26. The molecule has 1 saturated heterocycles. The summed E-state index contributed by atoms with van der Waals surface area (Å²) in [5.74, 6) is 0.150. The average Bonchev–Trinajstić information content (AvgIpc) is 3.41. The van der Waals surface area contributed by atoms with Crippen molar-refractivity contribution in [3.8, 4) is 0 Å². The highest BCUT2D eigenvalue weighted by Crippen LogP contribution is 2.31. The minimum Gasteiger partial charge on any atom is -0.312 e. The normalized spacial score (nSPS) is 17.8. The van der Waals surface area contributed by atoms with E-state index in [1.807, 2.05) is 30.3 Å². The van der Waals surface area contributed by atoms with Crippen LogP contribution in [0.5, 0.6) is 0 Å². The van der Waals surface area contributed by atoms with Crippen molar-refractivity contribution in [3.63, 3.8) is 0 Å². The van der Waals surface area contributed by atoms with Crippen molar-refractivity contribution >= 4 is 32.6 Å². The van der Waals surface area contributed by atoms with Crippen molar-refractivity contribution in [2.45, 2.75) is 31.7 Å². The third kappa shape index (κ3) is 3.87. The van der Waals surface area contributed by atoms with Crippen molar-refractivity contribution in [2.24, 2.45) is 0 Å². The molecule has 5 nitrogen and oxygen atoms in total. The Morgan fingerprint density at radius 3 is 2.87 bits per heavy atom. The van der Waals surface area contributed by atoms with Crippen LogP contribution in [-0.4, -0.2) is 42.0 Å². The number of fused-ring (bicyclic) bond motifs is 2. The van der Waals surface area contributed by atoms with Crippen LogP contribution in [-0.2, 0) is 13.0 Å². The molecule has 2 N–H and O–H groups in total. The lowest BCUT2D eigenvalue weighted by Gasteiger charge is -2.27. The number of nitrogens with one attached hydrogen (secondary N) is 2. The number of hydrogen-bond donors (Lipinski definition) is 2. The fraction of sp³-hybridized carbons (Fsp3) is 0.375. The number of amides is 1. The zero-order chi connectivity index (χ0) is 20.5. The maximum absolute atomic E-state index is 13.1. The van der Waals surface area contributed by atoms with Crippen molar-refractivity contribution in [3.05, 3.63) is 65.6 Å². The Hall–Kier alpha value is -2.28. The van der Waals surface area contributed by atoms with E-state index in [-0.39, 0.29) is 11.8 Å². The first-order valence-electron chi connectivity index (χ1n) is 10.8. The number of aromatic nitrogens is 1. The van der Waals surface area contributed by atoms with Gasteiger partial charge in [0.25, 0.3) is 5.91 Å². The molecule has 3 heterocycles. The summed E-state index contributed by atoms with van der Waals surface area (Å²) < 4.78 is 1.08. The maximum atomic E-state index is 13.1. The number of thiazole rings is 1. The standard InChI is InChI=1S/C24H27N4OS/c1-16(15-28-12-4-5-13-28)17-8-9-19(20-14-25-11-10-18(17)20)23(29)27-24-26-21-6-2-3-7-22(21)30-24/h2-3,6-9,16,25H,1,4-5,10-15H2,(H,26,27,29). The fourth-order valence-corrected chi connectivity index (χ4v) is 5.56. The number of likely N-dealkylation sites (tertiary alicyclic amines) is 1. The molecule has 0 spiro atoms. The van der Waals surface area contributed by atoms with Gasteiger partial charge in [-0.25, -0.2) is 4.98 Å². The molecule has 0 saturated carbocycles. The molecule has 1 fully saturated rings. The summed E-state index contributed by atoms with van der Waals surface area (Å²) in [5.41, 5.74) is 5.39. The van der Waals surface area contributed by atoms with Gasteiger partial charge in [-0.2, -0.15) is 0 Å². The monoisotopic (exact) mass is 419 g/mol. The predicted molar refractivity (Wildman–Crippen MR) is 123 cm³/mol. The van der Waals surface area contributed by atoms with E-state index in [0.717, 1.165) is 47.4 Å². The highest BCUT2D eigenvalue weighted by Gasteiger charge is 2.24. The molecule has 1 unspecified atom stereocenters. The molecule has 1 atom stereocenters. The molecule has 5 rings (SSSR count). The topological polar surface area (TPSA) is 57.3 Å². The number of nitrogens with zero attached hydrogens (tertiary/aromatic N) is 2. The van der Waals surface area contributed by atoms with Crippen LogP contribution >= 0.6 is 11.3 Å². The van der Waals surface area contributed by atoms with E-state index in [2.05, 4.69) is 33.5 Å². The lowest BCUT2D eigenvalue weighted by molar-refractivity contribution is 0.102. The largest absolute Gasteiger partial charge is 0.312 e. The molecule has 2 aliphatic heterocycles. The van der Waals surface area contributed by atoms with Crippen LogP contribution in [0.15, 0.2) is 36.4 Å². The quantitative estimate of drug-likeness (QED) is 0.651. The van der Waals surface area contributed by atoms with E-state index in [4.69, 9.17) is 0 Å². The molecule has 0 aliphatic carbocycles. The molecule has 6 heteroatoms. The number of benzene rings is 2. The molecule has 3 aromatic rings. The van der Waals surface area contributed by atoms with Gasteiger partial charge in [-0.1, -0.05) is 29.5 Å². The average molecular weight is 420 g/mol. The maximum Gasteiger partial charge on any atom is 0.257 e. The van der Waals surface area contributed by atoms with Crippen molar-refractivity contribution in [1.82, 2.24) is 15.2 Å². The second kappa shape index (κ2) is 8.46. The van der Waals surface area contributed by atoms with Gasteiger partial charge in [0, 0.05) is 18.7 Å². The Bertz CT molecular complexity index is 1040. The minimum absolute atomic E-state index is 0.0827. The van der Waals surface area contributed by atoms with E-state index in [9.17, 15) is 4.79 Å². The van der Waals surface area contributed by atoms with E-state index < -0.39 is 0 Å². The van der Waals surface area contributed by atoms with Crippen molar-refractivity contribution in [2.75, 3.05) is 31.5 Å². The van der Waals surface area contributed by atoms with Gasteiger partial charge in [0.2, 0.25) is 0 Å². The van der Waals surface area contributed by atoms with Gasteiger partial charge < -0.3 is 10.2 Å². The Kier molecular flexibility index (Phi) is 5.54. The number of rotatable bonds is 5. The predicted octanol–water partition coefficient (Wildman–Crippen LogP) is 4.21. The number of anilines is 1. The zero-order valence-electron chi connectivity index (χ0n) is 17.1. The van der Waals surface area contributed by atoms with Gasteiger partial charge in [0.05, 0.1) is 10.2 Å². The Labute approximate surface area is 181 Å². The highest BCUT2D eigenvalue weighted by atomic mass is 32.1.